The van der Waals surface area contributed by atoms with Crippen LogP contribution in [0.15, 0.2) is 0 Å². The fraction of sp³-hybridized carbons (Fsp3) is 0.500. The smallest absolute Gasteiger partial charge is 0 e. The normalized spacial score (nSPS) is 8.29. The van der Waals surface area contributed by atoms with Gasteiger partial charge in [-0.15, -0.1) is 0 Å². The third kappa shape index (κ3) is 14.3. The molecule has 4 N–H and O–H groups in total. The van der Waals surface area contributed by atoms with Gasteiger partial charge in [0.2, 0.25) is 0 Å². The van der Waals surface area contributed by atoms with Gasteiger partial charge in [0, 0.05) is 21.1 Å². The van der Waals surface area contributed by atoms with Crippen LogP contribution < -0.4 is 0 Å². The number of carboxylic acid groups (broad SMARTS) is 3. The molecule has 0 aromatic rings. The molecule has 0 saturated heterocycles. The van der Waals surface area contributed by atoms with Gasteiger partial charge in [0.1, 0.15) is 0 Å². The Labute approximate surface area is 178 Å². The summed E-state index contributed by atoms with van der Waals surface area (Å²) in [5.74, 6) is -5.02. The Morgan fingerprint density at radius 3 is 1.18 bits per heavy atom. The summed E-state index contributed by atoms with van der Waals surface area (Å²) in [6.07, 6.45) is -2.29. The van der Waals surface area contributed by atoms with Gasteiger partial charge in [-0.1, -0.05) is 0 Å². The maximum absolute atomic E-state index is 10.3. The minimum atomic E-state index is -2.74. The molecule has 0 aromatic heterocycles. The number of hydrogen-bond acceptors (Lipinski definition) is 4. The van der Waals surface area contributed by atoms with E-state index in [1.54, 1.807) is 0 Å². The van der Waals surface area contributed by atoms with Crippen molar-refractivity contribution in [3.8, 4) is 0 Å². The predicted molar refractivity (Wildman–Crippen MR) is 58.5 cm³/mol. The minimum absolute atomic E-state index is 0. The van der Waals surface area contributed by atoms with E-state index in [1.807, 2.05) is 0 Å². The van der Waals surface area contributed by atoms with Crippen LogP contribution in [0, 0.1) is 0 Å². The Bertz CT molecular complexity index is 244. The van der Waals surface area contributed by atoms with Crippen molar-refractivity contribution in [3.63, 3.8) is 0 Å². The largest absolute Gasteiger partial charge is 0 e. The summed E-state index contributed by atoms with van der Waals surface area (Å²) < 4.78 is 0. The van der Waals surface area contributed by atoms with Crippen LogP contribution in [-0.2, 0) is 35.4 Å². The monoisotopic (exact) mass is 448 g/mol. The first-order valence-corrected chi connectivity index (χ1v) is 3.17. The number of carboxylic acids is 3. The van der Waals surface area contributed by atoms with Crippen LogP contribution in [0.1, 0.15) is 12.8 Å². The molecule has 0 fully saturated rings. The van der Waals surface area contributed by atoms with E-state index in [9.17, 15) is 14.4 Å². The van der Waals surface area contributed by atoms with Crippen LogP contribution >= 0.6 is 0 Å². The van der Waals surface area contributed by atoms with Gasteiger partial charge in [-0.2, -0.15) is 0 Å². The van der Waals surface area contributed by atoms with E-state index in [-0.39, 0.29) is 110 Å². The van der Waals surface area contributed by atoms with Crippen LogP contribution in [0.2, 0.25) is 0 Å². The SMILES string of the molecule is O=C(O)CC(O)(CC(=O)O)C(=O)O.[NaH].[NaH].[NaH].[W]. The summed E-state index contributed by atoms with van der Waals surface area (Å²) in [6.45, 7) is 0. The molecule has 0 heterocycles. The minimum Gasteiger partial charge on any atom is 0 e. The molecule has 11 heteroatoms. The third-order valence-electron chi connectivity index (χ3n) is 1.29. The topological polar surface area (TPSA) is 132 Å². The van der Waals surface area contributed by atoms with Crippen molar-refractivity contribution in [2.24, 2.45) is 0 Å². The molecular weight excluding hydrogens is 437 g/mol. The summed E-state index contributed by atoms with van der Waals surface area (Å²) in [4.78, 5) is 30.5. The van der Waals surface area contributed by atoms with E-state index >= 15 is 0 Å². The van der Waals surface area contributed by atoms with E-state index in [0.29, 0.717) is 0 Å². The standard InChI is InChI=1S/C6H8O7.3Na.W.3H/c7-3(8)1-6(13,5(11)12)2-4(9)10;;;;;;;/h13H,1-2H2,(H,7,8)(H,9,10)(H,11,12);;;;;;;. The van der Waals surface area contributed by atoms with Crippen molar-refractivity contribution >= 4 is 107 Å². The first-order chi connectivity index (χ1) is 5.78. The zero-order valence-corrected chi connectivity index (χ0v) is 9.77. The predicted octanol–water partition coefficient (Wildman–Crippen LogP) is -3.20. The van der Waals surface area contributed by atoms with E-state index in [0.717, 1.165) is 0 Å². The second-order valence-corrected chi connectivity index (χ2v) is 2.48. The van der Waals surface area contributed by atoms with Crippen LogP contribution in [0.5, 0.6) is 0 Å². The first kappa shape index (κ1) is 31.4. The molecule has 0 aromatic carbocycles. The van der Waals surface area contributed by atoms with Crippen molar-refractivity contribution in [2.75, 3.05) is 0 Å². The maximum atomic E-state index is 10.3. The summed E-state index contributed by atoms with van der Waals surface area (Å²) in [7, 11) is 0. The molecule has 17 heavy (non-hydrogen) atoms. The van der Waals surface area contributed by atoms with E-state index in [2.05, 4.69) is 0 Å². The summed E-state index contributed by atoms with van der Waals surface area (Å²) >= 11 is 0. The zero-order valence-electron chi connectivity index (χ0n) is 6.84. The van der Waals surface area contributed by atoms with Gasteiger partial charge in [-0.25, -0.2) is 4.79 Å². The van der Waals surface area contributed by atoms with Crippen molar-refractivity contribution in [1.82, 2.24) is 0 Å². The Balaban J connectivity index is -0.000000120. The van der Waals surface area contributed by atoms with Gasteiger partial charge in [0.15, 0.2) is 5.60 Å². The molecule has 0 unspecified atom stereocenters. The average molecular weight is 448 g/mol. The average Bonchev–Trinajstić information content (AvgIpc) is 1.82. The summed E-state index contributed by atoms with van der Waals surface area (Å²) in [6, 6.07) is 0. The Kier molecular flexibility index (Phi) is 26.8. The summed E-state index contributed by atoms with van der Waals surface area (Å²) in [5.41, 5.74) is -2.74. The fourth-order valence-corrected chi connectivity index (χ4v) is 0.714. The van der Waals surface area contributed by atoms with Gasteiger partial charge >= 0.3 is 107 Å². The third-order valence-corrected chi connectivity index (χ3v) is 1.29. The van der Waals surface area contributed by atoms with Gasteiger partial charge in [0.25, 0.3) is 0 Å². The molecule has 0 saturated carbocycles. The second kappa shape index (κ2) is 14.5. The molecular formula is C6H11Na3O7W. The molecule has 0 spiro atoms. The number of rotatable bonds is 5. The molecule has 0 aliphatic rings. The molecule has 0 aliphatic carbocycles. The Morgan fingerprint density at radius 1 is 0.824 bits per heavy atom. The van der Waals surface area contributed by atoms with Crippen molar-refractivity contribution in [1.29, 1.82) is 0 Å². The number of aliphatic hydroxyl groups is 1. The van der Waals surface area contributed by atoms with E-state index < -0.39 is 36.4 Å². The molecule has 0 rings (SSSR count). The Hall–Kier alpha value is 2.06. The quantitative estimate of drug-likeness (QED) is 0.326. The Morgan fingerprint density at radius 2 is 1.06 bits per heavy atom. The molecule has 0 aliphatic heterocycles. The zero-order chi connectivity index (χ0) is 10.6. The molecule has 7 nitrogen and oxygen atoms in total. The van der Waals surface area contributed by atoms with Gasteiger partial charge < -0.3 is 20.4 Å². The fourth-order valence-electron chi connectivity index (χ4n) is 0.714. The van der Waals surface area contributed by atoms with Crippen molar-refractivity contribution in [2.45, 2.75) is 18.4 Å². The van der Waals surface area contributed by atoms with Crippen molar-refractivity contribution in [3.05, 3.63) is 0 Å². The molecule has 0 radical (unpaired) electrons. The maximum Gasteiger partial charge on any atom is 0 e. The number of carbonyl (C=O) groups is 3. The van der Waals surface area contributed by atoms with Crippen LogP contribution in [0.3, 0.4) is 0 Å². The van der Waals surface area contributed by atoms with Gasteiger partial charge in [-0.05, 0) is 0 Å². The van der Waals surface area contributed by atoms with Crippen LogP contribution in [0.4, 0.5) is 0 Å². The number of hydrogen-bond donors (Lipinski definition) is 4. The number of aliphatic carboxylic acids is 3. The summed E-state index contributed by atoms with van der Waals surface area (Å²) in [5, 5.41) is 33.8. The van der Waals surface area contributed by atoms with E-state index in [1.165, 1.54) is 0 Å². The van der Waals surface area contributed by atoms with Gasteiger partial charge in [-0.3, -0.25) is 9.59 Å². The molecule has 0 atom stereocenters. The molecule has 86 valence electrons. The molecule has 0 amide bonds. The second-order valence-electron chi connectivity index (χ2n) is 2.48. The first-order valence-electron chi connectivity index (χ1n) is 3.17. The van der Waals surface area contributed by atoms with Crippen molar-refractivity contribution < 1.29 is 55.9 Å². The van der Waals surface area contributed by atoms with E-state index in [4.69, 9.17) is 20.4 Å². The van der Waals surface area contributed by atoms with Crippen LogP contribution in [0.25, 0.3) is 0 Å². The molecule has 0 bridgehead atoms. The van der Waals surface area contributed by atoms with Gasteiger partial charge in [0.05, 0.1) is 12.8 Å². The van der Waals surface area contributed by atoms with Crippen LogP contribution in [-0.4, -0.2) is 133 Å².